The van der Waals surface area contributed by atoms with Crippen molar-refractivity contribution >= 4 is 63.9 Å². The lowest BCUT2D eigenvalue weighted by Crippen LogP contribution is -2.31. The number of anilines is 2. The summed E-state index contributed by atoms with van der Waals surface area (Å²) in [6, 6.07) is 37.7. The molecule has 0 bridgehead atoms. The third-order valence-corrected chi connectivity index (χ3v) is 9.24. The molecule has 1 saturated heterocycles. The number of carbonyl (C=O) groups excluding carboxylic acids is 4. The Balaban J connectivity index is 1.01. The first kappa shape index (κ1) is 32.3. The monoisotopic (exact) mass is 678 g/mol. The van der Waals surface area contributed by atoms with E-state index in [9.17, 15) is 19.2 Å². The third kappa shape index (κ3) is 7.11. The van der Waals surface area contributed by atoms with Crippen molar-refractivity contribution < 1.29 is 23.6 Å². The van der Waals surface area contributed by atoms with Crippen LogP contribution in [0.25, 0.3) is 28.6 Å². The van der Waals surface area contributed by atoms with Crippen molar-refractivity contribution in [3.8, 4) is 11.5 Å². The van der Waals surface area contributed by atoms with Crippen molar-refractivity contribution in [2.75, 3.05) is 10.2 Å². The van der Waals surface area contributed by atoms with Crippen LogP contribution < -0.4 is 15.5 Å². The van der Waals surface area contributed by atoms with E-state index in [1.54, 1.807) is 78.9 Å². The molecule has 1 atom stereocenters. The molecule has 6 aromatic rings. The number of thioether (sulfide) groups is 1. The van der Waals surface area contributed by atoms with Crippen LogP contribution in [0.15, 0.2) is 142 Å². The Hall–Kier alpha value is -6.26. The van der Waals surface area contributed by atoms with E-state index < -0.39 is 17.1 Å². The third-order valence-electron chi connectivity index (χ3n) is 8.04. The minimum absolute atomic E-state index is 0.0586. The van der Waals surface area contributed by atoms with Gasteiger partial charge in [-0.3, -0.25) is 19.2 Å². The van der Waals surface area contributed by atoms with Gasteiger partial charge >= 0.3 is 0 Å². The molecule has 0 saturated carbocycles. The summed E-state index contributed by atoms with van der Waals surface area (Å²) in [5.74, 6) is -1.02. The smallest absolute Gasteiger partial charge is 0.272 e. The summed E-state index contributed by atoms with van der Waals surface area (Å²) in [6.07, 6.45) is 1.69. The van der Waals surface area contributed by atoms with E-state index in [1.165, 1.54) is 16.7 Å². The van der Waals surface area contributed by atoms with Gasteiger partial charge in [0, 0.05) is 28.1 Å². The number of rotatable bonds is 9. The second-order valence-electron chi connectivity index (χ2n) is 11.7. The molecule has 0 aliphatic carbocycles. The maximum Gasteiger partial charge on any atom is 0.272 e. The van der Waals surface area contributed by atoms with Crippen LogP contribution in [0.2, 0.25) is 0 Å². The van der Waals surface area contributed by atoms with Crippen molar-refractivity contribution in [2.45, 2.75) is 23.5 Å². The molecule has 4 amide bonds. The number of hydrogen-bond donors (Lipinski definition) is 2. The van der Waals surface area contributed by atoms with Gasteiger partial charge in [-0.15, -0.1) is 11.8 Å². The van der Waals surface area contributed by atoms with E-state index in [2.05, 4.69) is 15.6 Å². The van der Waals surface area contributed by atoms with E-state index in [-0.39, 0.29) is 23.9 Å². The molecule has 0 radical (unpaired) electrons. The molecule has 2 N–H and O–H groups in total. The molecular weight excluding hydrogens is 649 g/mol. The van der Waals surface area contributed by atoms with Crippen molar-refractivity contribution in [3.63, 3.8) is 0 Å². The molecule has 1 fully saturated rings. The summed E-state index contributed by atoms with van der Waals surface area (Å²) in [6.45, 7) is 1.95. The summed E-state index contributed by atoms with van der Waals surface area (Å²) in [4.78, 5) is 59.3. The predicted octanol–water partition coefficient (Wildman–Crippen LogP) is 7.64. The van der Waals surface area contributed by atoms with E-state index >= 15 is 0 Å². The number of fused-ring (bicyclic) bond motifs is 1. The minimum atomic E-state index is -0.600. The van der Waals surface area contributed by atoms with Gasteiger partial charge in [0.1, 0.15) is 11.2 Å². The van der Waals surface area contributed by atoms with Gasteiger partial charge in [0.25, 0.3) is 11.8 Å². The zero-order valence-electron chi connectivity index (χ0n) is 26.8. The first-order chi connectivity index (χ1) is 24.3. The summed E-state index contributed by atoms with van der Waals surface area (Å²) in [5.41, 5.74) is 5.43. The van der Waals surface area contributed by atoms with Crippen molar-refractivity contribution in [1.82, 2.24) is 10.3 Å². The lowest BCUT2D eigenvalue weighted by atomic mass is 10.1. The van der Waals surface area contributed by atoms with E-state index in [4.69, 9.17) is 4.42 Å². The Bertz CT molecular complexity index is 2230. The fourth-order valence-corrected chi connectivity index (χ4v) is 6.62. The molecule has 1 aromatic heterocycles. The van der Waals surface area contributed by atoms with Crippen LogP contribution in [0, 0.1) is 6.92 Å². The van der Waals surface area contributed by atoms with Crippen LogP contribution in [0.5, 0.6) is 0 Å². The van der Waals surface area contributed by atoms with Crippen molar-refractivity contribution in [2.24, 2.45) is 0 Å². The zero-order chi connectivity index (χ0) is 34.6. The van der Waals surface area contributed by atoms with Crippen molar-refractivity contribution in [3.05, 3.63) is 150 Å². The fraction of sp³-hybridized carbons (Fsp3) is 0.0750. The van der Waals surface area contributed by atoms with Gasteiger partial charge in [-0.25, -0.2) is 9.88 Å². The lowest BCUT2D eigenvalue weighted by Gasteiger charge is -2.15. The van der Waals surface area contributed by atoms with Crippen LogP contribution >= 0.6 is 11.8 Å². The number of carbonyl (C=O) groups is 4. The number of nitrogens with zero attached hydrogens (tertiary/aromatic N) is 2. The fourth-order valence-electron chi connectivity index (χ4n) is 5.56. The molecule has 7 rings (SSSR count). The highest BCUT2D eigenvalue weighted by Crippen LogP contribution is 2.35. The van der Waals surface area contributed by atoms with Crippen molar-refractivity contribution in [1.29, 1.82) is 0 Å². The topological polar surface area (TPSA) is 122 Å². The molecule has 1 unspecified atom stereocenters. The maximum atomic E-state index is 13.4. The number of amides is 4. The standard InChI is InChI=1S/C40H30N4O5S/c1-25-8-7-9-26(22-25)23-33(42-37(46)27-10-3-2-4-11-27)38(47)41-29-16-20-31(21-17-29)50-35-24-36(45)44(40(35)48)30-18-14-28(15-19-30)39-43-32-12-5-6-13-34(32)49-39/h2-23,35H,24H2,1H3,(H,41,47)(H,42,46)/b33-23-. The minimum Gasteiger partial charge on any atom is -0.436 e. The van der Waals surface area contributed by atoms with E-state index in [0.717, 1.165) is 27.1 Å². The molecule has 2 heterocycles. The highest BCUT2D eigenvalue weighted by atomic mass is 32.2. The predicted molar refractivity (Wildman–Crippen MR) is 194 cm³/mol. The van der Waals surface area contributed by atoms with Crippen LogP contribution in [-0.2, 0) is 14.4 Å². The van der Waals surface area contributed by atoms with Crippen LogP contribution in [-0.4, -0.2) is 33.9 Å². The second kappa shape index (κ2) is 14.1. The van der Waals surface area contributed by atoms with Gasteiger partial charge in [-0.05, 0) is 91.4 Å². The SMILES string of the molecule is Cc1cccc(/C=C(\NC(=O)c2ccccc2)C(=O)Nc2ccc(SC3CC(=O)N(c4ccc(-c5nc6ccccc6o5)cc4)C3=O)cc2)c1. The molecule has 10 heteroatoms. The summed E-state index contributed by atoms with van der Waals surface area (Å²) in [5, 5.41) is 5.00. The first-order valence-corrected chi connectivity index (χ1v) is 16.7. The number of imide groups is 1. The largest absolute Gasteiger partial charge is 0.436 e. The van der Waals surface area contributed by atoms with Gasteiger partial charge in [0.15, 0.2) is 5.58 Å². The Kier molecular flexibility index (Phi) is 9.09. The van der Waals surface area contributed by atoms with Gasteiger partial charge in [0.05, 0.1) is 10.9 Å². The Morgan fingerprint density at radius 3 is 2.34 bits per heavy atom. The molecule has 1 aliphatic heterocycles. The lowest BCUT2D eigenvalue weighted by molar-refractivity contribution is -0.121. The Morgan fingerprint density at radius 2 is 1.60 bits per heavy atom. The van der Waals surface area contributed by atoms with E-state index in [1.807, 2.05) is 61.5 Å². The highest BCUT2D eigenvalue weighted by molar-refractivity contribution is 8.00. The number of aryl methyl sites for hydroxylation is 1. The Morgan fingerprint density at radius 1 is 0.860 bits per heavy atom. The Labute approximate surface area is 292 Å². The molecular formula is C40H30N4O5S. The molecule has 0 spiro atoms. The number of hydrogen-bond acceptors (Lipinski definition) is 7. The molecule has 246 valence electrons. The molecule has 50 heavy (non-hydrogen) atoms. The van der Waals surface area contributed by atoms with Crippen LogP contribution in [0.4, 0.5) is 11.4 Å². The number of nitrogens with one attached hydrogen (secondary N) is 2. The van der Waals surface area contributed by atoms with Gasteiger partial charge in [0.2, 0.25) is 17.7 Å². The number of benzene rings is 5. The number of oxazole rings is 1. The average Bonchev–Trinajstić information content (AvgIpc) is 3.69. The van der Waals surface area contributed by atoms with E-state index in [0.29, 0.717) is 28.4 Å². The summed E-state index contributed by atoms with van der Waals surface area (Å²) >= 11 is 1.29. The van der Waals surface area contributed by atoms with Crippen LogP contribution in [0.3, 0.4) is 0 Å². The van der Waals surface area contributed by atoms with Gasteiger partial charge in [-0.2, -0.15) is 0 Å². The zero-order valence-corrected chi connectivity index (χ0v) is 27.6. The highest BCUT2D eigenvalue weighted by Gasteiger charge is 2.40. The normalized spacial score (nSPS) is 14.6. The number of para-hydroxylation sites is 2. The quantitative estimate of drug-likeness (QED) is 0.119. The van der Waals surface area contributed by atoms with Crippen LogP contribution in [0.1, 0.15) is 27.9 Å². The first-order valence-electron chi connectivity index (χ1n) is 15.9. The summed E-state index contributed by atoms with van der Waals surface area (Å²) < 4.78 is 5.84. The molecule has 9 nitrogen and oxygen atoms in total. The van der Waals surface area contributed by atoms with Gasteiger partial charge < -0.3 is 15.1 Å². The second-order valence-corrected chi connectivity index (χ2v) is 13.0. The number of aromatic nitrogens is 1. The summed E-state index contributed by atoms with van der Waals surface area (Å²) in [7, 11) is 0. The maximum absolute atomic E-state index is 13.4. The molecule has 5 aromatic carbocycles. The van der Waals surface area contributed by atoms with Gasteiger partial charge in [-0.1, -0.05) is 60.2 Å². The molecule has 1 aliphatic rings. The average molecular weight is 679 g/mol.